The highest BCUT2D eigenvalue weighted by atomic mass is 16.6. The number of imide groups is 1. The molecule has 2 aliphatic rings. The molecule has 2 aromatic carbocycles. The van der Waals surface area contributed by atoms with Crippen LogP contribution in [-0.2, 0) is 22.4 Å². The van der Waals surface area contributed by atoms with Gasteiger partial charge in [-0.25, -0.2) is 9.69 Å². The predicted molar refractivity (Wildman–Crippen MR) is 125 cm³/mol. The van der Waals surface area contributed by atoms with E-state index in [0.29, 0.717) is 24.7 Å². The Kier molecular flexibility index (Phi) is 7.26. The molecule has 0 aromatic heterocycles. The minimum absolute atomic E-state index is 0.107. The molecule has 0 unspecified atom stereocenters. The summed E-state index contributed by atoms with van der Waals surface area (Å²) in [7, 11) is 0. The average molecular weight is 435 g/mol. The van der Waals surface area contributed by atoms with Crippen LogP contribution in [0.2, 0.25) is 0 Å². The van der Waals surface area contributed by atoms with E-state index in [1.165, 1.54) is 10.5 Å². The third-order valence-electron chi connectivity index (χ3n) is 7.30. The Morgan fingerprint density at radius 2 is 1.66 bits per heavy atom. The number of rotatable bonds is 7. The van der Waals surface area contributed by atoms with E-state index >= 15 is 0 Å². The van der Waals surface area contributed by atoms with Crippen LogP contribution in [-0.4, -0.2) is 53.6 Å². The smallest absolute Gasteiger partial charge is 0.416 e. The SMILES string of the molecule is C[C@H]1[C@H](C)CCN(CCc2ccccc2)[C@H]1CC(=O)N1C(=O)OC[C@@H]1Cc1ccccc1. The molecule has 0 saturated carbocycles. The van der Waals surface area contributed by atoms with Crippen molar-refractivity contribution in [2.24, 2.45) is 11.8 Å². The maximum atomic E-state index is 13.4. The largest absolute Gasteiger partial charge is 0.447 e. The third-order valence-corrected chi connectivity index (χ3v) is 7.30. The summed E-state index contributed by atoms with van der Waals surface area (Å²) in [6.07, 6.45) is 2.61. The van der Waals surface area contributed by atoms with Crippen molar-refractivity contribution in [1.82, 2.24) is 9.80 Å². The molecule has 0 aliphatic carbocycles. The number of ether oxygens (including phenoxy) is 1. The minimum Gasteiger partial charge on any atom is -0.447 e. The molecule has 2 saturated heterocycles. The van der Waals surface area contributed by atoms with Gasteiger partial charge in [0, 0.05) is 19.0 Å². The predicted octanol–water partition coefficient (Wildman–Crippen LogP) is 4.56. The lowest BCUT2D eigenvalue weighted by atomic mass is 9.80. The van der Waals surface area contributed by atoms with Gasteiger partial charge in [-0.05, 0) is 48.8 Å². The second-order valence-corrected chi connectivity index (χ2v) is 9.35. The highest BCUT2D eigenvalue weighted by Crippen LogP contribution is 2.32. The number of hydrogen-bond donors (Lipinski definition) is 0. The van der Waals surface area contributed by atoms with Gasteiger partial charge in [0.25, 0.3) is 0 Å². The van der Waals surface area contributed by atoms with Crippen LogP contribution in [0.25, 0.3) is 0 Å². The van der Waals surface area contributed by atoms with Gasteiger partial charge in [-0.1, -0.05) is 74.5 Å². The first-order valence-corrected chi connectivity index (χ1v) is 11.8. The fourth-order valence-corrected chi connectivity index (χ4v) is 5.10. The molecule has 2 aliphatic heterocycles. The number of carbonyl (C=O) groups is 2. The lowest BCUT2D eigenvalue weighted by Crippen LogP contribution is -2.51. The zero-order chi connectivity index (χ0) is 22.5. The standard InChI is InChI=1S/C27H34N2O3/c1-20-13-15-28(16-14-22-9-5-3-6-10-22)25(21(20)2)18-26(30)29-24(19-32-27(29)31)17-23-11-7-4-8-12-23/h3-12,20-21,24-25H,13-19H2,1-2H3/t20-,21+,24+,25+/m1/s1. The number of likely N-dealkylation sites (tertiary alicyclic amines) is 1. The van der Waals surface area contributed by atoms with Crippen LogP contribution in [0.4, 0.5) is 4.79 Å². The van der Waals surface area contributed by atoms with E-state index in [2.05, 4.69) is 43.0 Å². The van der Waals surface area contributed by atoms with Crippen LogP contribution in [0.1, 0.15) is 37.8 Å². The molecule has 0 N–H and O–H groups in total. The molecule has 2 heterocycles. The molecule has 32 heavy (non-hydrogen) atoms. The Labute approximate surface area is 191 Å². The molecule has 5 nitrogen and oxygen atoms in total. The first kappa shape index (κ1) is 22.5. The maximum absolute atomic E-state index is 13.4. The number of hydrogen-bond acceptors (Lipinski definition) is 4. The van der Waals surface area contributed by atoms with Crippen LogP contribution in [0, 0.1) is 11.8 Å². The molecule has 4 atom stereocenters. The van der Waals surface area contributed by atoms with E-state index in [1.54, 1.807) is 0 Å². The summed E-state index contributed by atoms with van der Waals surface area (Å²) in [5.41, 5.74) is 2.42. The summed E-state index contributed by atoms with van der Waals surface area (Å²) in [6.45, 7) is 6.72. The summed E-state index contributed by atoms with van der Waals surface area (Å²) in [5, 5.41) is 0. The van der Waals surface area contributed by atoms with Gasteiger partial charge in [0.15, 0.2) is 0 Å². The number of cyclic esters (lactones) is 1. The Balaban J connectivity index is 1.44. The topological polar surface area (TPSA) is 49.9 Å². The normalized spacial score (nSPS) is 26.2. The number of benzene rings is 2. The molecule has 5 heteroatoms. The molecule has 0 radical (unpaired) electrons. The van der Waals surface area contributed by atoms with Crippen LogP contribution in [0.5, 0.6) is 0 Å². The van der Waals surface area contributed by atoms with E-state index in [0.717, 1.165) is 31.5 Å². The van der Waals surface area contributed by atoms with Gasteiger partial charge in [0.05, 0.1) is 6.04 Å². The molecule has 2 amide bonds. The fourth-order valence-electron chi connectivity index (χ4n) is 5.10. The Hall–Kier alpha value is -2.66. The quantitative estimate of drug-likeness (QED) is 0.641. The van der Waals surface area contributed by atoms with Crippen molar-refractivity contribution in [3.8, 4) is 0 Å². The summed E-state index contributed by atoms with van der Waals surface area (Å²) < 4.78 is 5.29. The van der Waals surface area contributed by atoms with Crippen molar-refractivity contribution in [1.29, 1.82) is 0 Å². The highest BCUT2D eigenvalue weighted by molar-refractivity contribution is 5.93. The maximum Gasteiger partial charge on any atom is 0.416 e. The molecule has 2 aromatic rings. The fraction of sp³-hybridized carbons (Fsp3) is 0.481. The van der Waals surface area contributed by atoms with Gasteiger partial charge in [-0.2, -0.15) is 0 Å². The van der Waals surface area contributed by atoms with Crippen molar-refractivity contribution in [3.63, 3.8) is 0 Å². The van der Waals surface area contributed by atoms with Gasteiger partial charge in [0.1, 0.15) is 6.61 Å². The molecule has 2 fully saturated rings. The van der Waals surface area contributed by atoms with E-state index < -0.39 is 6.09 Å². The van der Waals surface area contributed by atoms with Crippen LogP contribution < -0.4 is 0 Å². The van der Waals surface area contributed by atoms with Gasteiger partial charge in [0.2, 0.25) is 5.91 Å². The van der Waals surface area contributed by atoms with Gasteiger partial charge in [-0.15, -0.1) is 0 Å². The zero-order valence-corrected chi connectivity index (χ0v) is 19.2. The van der Waals surface area contributed by atoms with Gasteiger partial charge < -0.3 is 4.74 Å². The monoisotopic (exact) mass is 434 g/mol. The lowest BCUT2D eigenvalue weighted by molar-refractivity contribution is -0.131. The molecule has 170 valence electrons. The van der Waals surface area contributed by atoms with E-state index in [9.17, 15) is 9.59 Å². The van der Waals surface area contributed by atoms with Gasteiger partial charge >= 0.3 is 6.09 Å². The van der Waals surface area contributed by atoms with E-state index in [1.807, 2.05) is 36.4 Å². The molecular weight excluding hydrogens is 400 g/mol. The second-order valence-electron chi connectivity index (χ2n) is 9.35. The number of amides is 2. The summed E-state index contributed by atoms with van der Waals surface area (Å²) in [6, 6.07) is 20.4. The van der Waals surface area contributed by atoms with Crippen molar-refractivity contribution >= 4 is 12.0 Å². The van der Waals surface area contributed by atoms with Crippen molar-refractivity contribution in [2.45, 2.75) is 51.6 Å². The van der Waals surface area contributed by atoms with Crippen molar-refractivity contribution in [3.05, 3.63) is 71.8 Å². The lowest BCUT2D eigenvalue weighted by Gasteiger charge is -2.43. The Bertz CT molecular complexity index is 902. The van der Waals surface area contributed by atoms with Crippen LogP contribution in [0.15, 0.2) is 60.7 Å². The molecule has 0 bridgehead atoms. The summed E-state index contributed by atoms with van der Waals surface area (Å²) in [4.78, 5) is 29.7. The number of piperidine rings is 1. The molecular formula is C27H34N2O3. The second kappa shape index (κ2) is 10.3. The van der Waals surface area contributed by atoms with Crippen molar-refractivity contribution < 1.29 is 14.3 Å². The van der Waals surface area contributed by atoms with E-state index in [4.69, 9.17) is 4.74 Å². The Morgan fingerprint density at radius 3 is 2.34 bits per heavy atom. The highest BCUT2D eigenvalue weighted by Gasteiger charge is 2.41. The van der Waals surface area contributed by atoms with Crippen LogP contribution in [0.3, 0.4) is 0 Å². The Morgan fingerprint density at radius 1 is 1.00 bits per heavy atom. The first-order chi connectivity index (χ1) is 15.5. The van der Waals surface area contributed by atoms with Crippen molar-refractivity contribution in [2.75, 3.05) is 19.7 Å². The molecule has 4 rings (SSSR count). The summed E-state index contributed by atoms with van der Waals surface area (Å²) in [5.74, 6) is 0.852. The number of nitrogens with zero attached hydrogens (tertiary/aromatic N) is 2. The first-order valence-electron chi connectivity index (χ1n) is 11.8. The number of carbonyl (C=O) groups excluding carboxylic acids is 2. The average Bonchev–Trinajstić information content (AvgIpc) is 3.17. The third kappa shape index (κ3) is 5.21. The summed E-state index contributed by atoms with van der Waals surface area (Å²) >= 11 is 0. The van der Waals surface area contributed by atoms with E-state index in [-0.39, 0.29) is 24.6 Å². The van der Waals surface area contributed by atoms with Gasteiger partial charge in [-0.3, -0.25) is 9.69 Å². The zero-order valence-electron chi connectivity index (χ0n) is 19.2. The minimum atomic E-state index is -0.497. The van der Waals surface area contributed by atoms with Crippen LogP contribution >= 0.6 is 0 Å². The molecule has 0 spiro atoms.